The number of aryl methyl sites for hydroxylation is 1. The van der Waals surface area contributed by atoms with Gasteiger partial charge in [0, 0.05) is 44.3 Å². The van der Waals surface area contributed by atoms with Crippen molar-refractivity contribution in [2.24, 2.45) is 7.05 Å². The summed E-state index contributed by atoms with van der Waals surface area (Å²) >= 11 is 0. The third-order valence-electron chi connectivity index (χ3n) is 5.17. The normalized spacial score (nSPS) is 15.3. The average molecular weight is 430 g/mol. The molecule has 0 aromatic carbocycles. The minimum Gasteiger partial charge on any atom is -0.342 e. The molecule has 4 rings (SSSR count). The van der Waals surface area contributed by atoms with Gasteiger partial charge in [-0.1, -0.05) is 0 Å². The molecular weight excluding hydrogens is 406 g/mol. The Morgan fingerprint density at radius 1 is 1.23 bits per heavy atom. The highest BCUT2D eigenvalue weighted by Gasteiger charge is 2.31. The summed E-state index contributed by atoms with van der Waals surface area (Å²) in [7, 11) is 1.83. The number of halogens is 2. The summed E-state index contributed by atoms with van der Waals surface area (Å²) in [4.78, 5) is 22.3. The van der Waals surface area contributed by atoms with Crippen LogP contribution in [0.4, 0.5) is 20.4 Å². The number of rotatable bonds is 6. The first-order valence-corrected chi connectivity index (χ1v) is 10.1. The number of likely N-dealkylation sites (tertiary alicyclic amines) is 1. The maximum absolute atomic E-state index is 13.1. The van der Waals surface area contributed by atoms with E-state index >= 15 is 0 Å². The lowest BCUT2D eigenvalue weighted by atomic mass is 10.0. The fraction of sp³-hybridized carbons (Fsp3) is 0.450. The van der Waals surface area contributed by atoms with Gasteiger partial charge in [0.2, 0.25) is 11.9 Å². The van der Waals surface area contributed by atoms with Crippen LogP contribution >= 0.6 is 0 Å². The molecule has 1 N–H and O–H groups in total. The van der Waals surface area contributed by atoms with E-state index in [1.165, 1.54) is 4.90 Å². The largest absolute Gasteiger partial charge is 0.342 e. The highest BCUT2D eigenvalue weighted by molar-refractivity contribution is 5.77. The molecule has 1 aliphatic rings. The second-order valence-corrected chi connectivity index (χ2v) is 7.86. The van der Waals surface area contributed by atoms with Gasteiger partial charge in [0.15, 0.2) is 0 Å². The van der Waals surface area contributed by atoms with Gasteiger partial charge in [0.1, 0.15) is 0 Å². The molecule has 0 spiro atoms. The van der Waals surface area contributed by atoms with Crippen molar-refractivity contribution >= 4 is 17.5 Å². The molecule has 0 atom stereocenters. The predicted octanol–water partition coefficient (Wildman–Crippen LogP) is 3.03. The van der Waals surface area contributed by atoms with Crippen LogP contribution in [0.5, 0.6) is 0 Å². The van der Waals surface area contributed by atoms with E-state index in [2.05, 4.69) is 25.5 Å². The molecular formula is C20H24F2N8O. The van der Waals surface area contributed by atoms with E-state index in [-0.39, 0.29) is 6.04 Å². The van der Waals surface area contributed by atoms with Crippen molar-refractivity contribution in [3.63, 3.8) is 0 Å². The topological polar surface area (TPSA) is 93.8 Å². The predicted molar refractivity (Wildman–Crippen MR) is 110 cm³/mol. The van der Waals surface area contributed by atoms with Crippen LogP contribution < -0.4 is 5.32 Å². The standard InChI is InChI=1S/C20H24F2N8O/c1-20(21,22)9-18(31)29-7-4-16(5-8-29)30-12-14(10-25-30)17-3-6-23-19(27-17)26-15-11-24-28(2)13-15/h3,6,10-13,16H,4-5,7-9H2,1-2H3,(H,23,26,27). The van der Waals surface area contributed by atoms with Crippen molar-refractivity contribution in [1.82, 2.24) is 34.4 Å². The molecule has 164 valence electrons. The van der Waals surface area contributed by atoms with Crippen LogP contribution in [0.2, 0.25) is 0 Å². The second-order valence-electron chi connectivity index (χ2n) is 7.86. The lowest BCUT2D eigenvalue weighted by Gasteiger charge is -2.32. The maximum Gasteiger partial charge on any atom is 0.254 e. The highest BCUT2D eigenvalue weighted by atomic mass is 19.3. The summed E-state index contributed by atoms with van der Waals surface area (Å²) in [6, 6.07) is 1.91. The van der Waals surface area contributed by atoms with Gasteiger partial charge < -0.3 is 10.2 Å². The van der Waals surface area contributed by atoms with E-state index in [9.17, 15) is 13.6 Å². The summed E-state index contributed by atoms with van der Waals surface area (Å²) in [5.41, 5.74) is 2.36. The van der Waals surface area contributed by atoms with Crippen molar-refractivity contribution in [2.75, 3.05) is 18.4 Å². The van der Waals surface area contributed by atoms with Gasteiger partial charge in [-0.05, 0) is 25.8 Å². The number of hydrogen-bond donors (Lipinski definition) is 1. The van der Waals surface area contributed by atoms with E-state index in [0.717, 1.165) is 23.9 Å². The second kappa shape index (κ2) is 8.40. The minimum atomic E-state index is -2.98. The Bertz CT molecular complexity index is 1050. The number of carbonyl (C=O) groups excluding carboxylic acids is 1. The number of nitrogens with one attached hydrogen (secondary N) is 1. The van der Waals surface area contributed by atoms with Crippen molar-refractivity contribution < 1.29 is 13.6 Å². The molecule has 3 aromatic heterocycles. The van der Waals surface area contributed by atoms with Crippen molar-refractivity contribution in [1.29, 1.82) is 0 Å². The molecule has 0 unspecified atom stereocenters. The molecule has 9 nitrogen and oxygen atoms in total. The molecule has 31 heavy (non-hydrogen) atoms. The van der Waals surface area contributed by atoms with E-state index in [4.69, 9.17) is 0 Å². The van der Waals surface area contributed by atoms with Crippen LogP contribution in [0, 0.1) is 0 Å². The summed E-state index contributed by atoms with van der Waals surface area (Å²) in [6.07, 6.45) is 9.43. The molecule has 0 saturated carbocycles. The van der Waals surface area contributed by atoms with Crippen LogP contribution in [0.25, 0.3) is 11.3 Å². The SMILES string of the molecule is Cn1cc(Nc2nccc(-c3cnn(C4CCN(C(=O)CC(C)(F)F)CC4)c3)n2)cn1. The number of carbonyl (C=O) groups is 1. The van der Waals surface area contributed by atoms with Gasteiger partial charge in [-0.2, -0.15) is 10.2 Å². The number of anilines is 2. The molecule has 3 aromatic rings. The summed E-state index contributed by atoms with van der Waals surface area (Å²) in [6.45, 7) is 1.66. The quantitative estimate of drug-likeness (QED) is 0.646. The molecule has 0 aliphatic carbocycles. The Kier molecular flexibility index (Phi) is 5.66. The Labute approximate surface area is 178 Å². The molecule has 1 fully saturated rings. The Morgan fingerprint density at radius 2 is 2.00 bits per heavy atom. The van der Waals surface area contributed by atoms with E-state index in [0.29, 0.717) is 31.9 Å². The monoisotopic (exact) mass is 430 g/mol. The van der Waals surface area contributed by atoms with Gasteiger partial charge in [0.25, 0.3) is 5.92 Å². The number of amides is 1. The number of nitrogens with zero attached hydrogens (tertiary/aromatic N) is 7. The molecule has 0 radical (unpaired) electrons. The van der Waals surface area contributed by atoms with Gasteiger partial charge in [-0.15, -0.1) is 0 Å². The van der Waals surface area contributed by atoms with E-state index < -0.39 is 18.3 Å². The van der Waals surface area contributed by atoms with Crippen LogP contribution in [0.15, 0.2) is 37.1 Å². The van der Waals surface area contributed by atoms with Gasteiger partial charge >= 0.3 is 0 Å². The third kappa shape index (κ3) is 5.22. The van der Waals surface area contributed by atoms with Gasteiger partial charge in [-0.3, -0.25) is 14.2 Å². The Balaban J connectivity index is 1.39. The fourth-order valence-corrected chi connectivity index (χ4v) is 3.62. The zero-order chi connectivity index (χ0) is 22.0. The first kappa shape index (κ1) is 20.9. The zero-order valence-electron chi connectivity index (χ0n) is 17.4. The number of alkyl halides is 2. The summed E-state index contributed by atoms with van der Waals surface area (Å²) in [5.74, 6) is -3.02. The minimum absolute atomic E-state index is 0.106. The van der Waals surface area contributed by atoms with Crippen molar-refractivity contribution in [3.8, 4) is 11.3 Å². The molecule has 0 bridgehead atoms. The molecule has 1 amide bonds. The number of hydrogen-bond acceptors (Lipinski definition) is 6. The summed E-state index contributed by atoms with van der Waals surface area (Å²) in [5, 5.41) is 11.7. The zero-order valence-corrected chi connectivity index (χ0v) is 17.4. The first-order chi connectivity index (χ1) is 14.8. The highest BCUT2D eigenvalue weighted by Crippen LogP contribution is 2.27. The van der Waals surface area contributed by atoms with Crippen LogP contribution in [0.3, 0.4) is 0 Å². The van der Waals surface area contributed by atoms with Crippen LogP contribution in [-0.4, -0.2) is 59.3 Å². The summed E-state index contributed by atoms with van der Waals surface area (Å²) < 4.78 is 29.8. The third-order valence-corrected chi connectivity index (χ3v) is 5.17. The lowest BCUT2D eigenvalue weighted by molar-refractivity contribution is -0.139. The lowest BCUT2D eigenvalue weighted by Crippen LogP contribution is -2.41. The van der Waals surface area contributed by atoms with Crippen molar-refractivity contribution in [2.45, 2.75) is 38.2 Å². The smallest absolute Gasteiger partial charge is 0.254 e. The number of piperidine rings is 1. The van der Waals surface area contributed by atoms with Gasteiger partial charge in [-0.25, -0.2) is 18.7 Å². The molecule has 11 heteroatoms. The molecule has 1 saturated heterocycles. The number of aromatic nitrogens is 6. The van der Waals surface area contributed by atoms with Crippen LogP contribution in [-0.2, 0) is 11.8 Å². The Morgan fingerprint density at radius 3 is 2.68 bits per heavy atom. The maximum atomic E-state index is 13.1. The fourth-order valence-electron chi connectivity index (χ4n) is 3.62. The molecule has 4 heterocycles. The molecule has 1 aliphatic heterocycles. The van der Waals surface area contributed by atoms with E-state index in [1.54, 1.807) is 23.3 Å². The first-order valence-electron chi connectivity index (χ1n) is 10.1. The van der Waals surface area contributed by atoms with E-state index in [1.807, 2.05) is 30.2 Å². The van der Waals surface area contributed by atoms with Crippen molar-refractivity contribution in [3.05, 3.63) is 37.1 Å². The van der Waals surface area contributed by atoms with Crippen LogP contribution in [0.1, 0.15) is 32.2 Å². The van der Waals surface area contributed by atoms with Gasteiger partial charge in [0.05, 0.1) is 36.2 Å². The Hall–Kier alpha value is -3.37. The average Bonchev–Trinajstić information content (AvgIpc) is 3.36.